The molecule has 0 saturated heterocycles. The monoisotopic (exact) mass is 512 g/mol. The predicted molar refractivity (Wildman–Crippen MR) is 136 cm³/mol. The number of nitrogens with zero attached hydrogens (tertiary/aromatic N) is 5. The number of amides is 1. The van der Waals surface area contributed by atoms with Gasteiger partial charge in [0.25, 0.3) is 5.56 Å². The molecule has 1 amide bonds. The molecule has 12 heteroatoms. The number of carbonyl (C=O) groups excluding carboxylic acids is 1. The molecule has 0 aliphatic heterocycles. The Morgan fingerprint density at radius 3 is 2.47 bits per heavy atom. The van der Waals surface area contributed by atoms with E-state index in [-0.39, 0.29) is 18.0 Å². The van der Waals surface area contributed by atoms with Gasteiger partial charge in [0.15, 0.2) is 0 Å². The van der Waals surface area contributed by atoms with Gasteiger partial charge in [-0.1, -0.05) is 29.5 Å². The summed E-state index contributed by atoms with van der Waals surface area (Å²) >= 11 is 1.17. The number of hydrogen-bond donors (Lipinski definition) is 2. The average Bonchev–Trinajstić information content (AvgIpc) is 3.49. The fraction of sp³-hybridized carbons (Fsp3) is 0.375. The highest BCUT2D eigenvalue weighted by molar-refractivity contribution is 7.21. The van der Waals surface area contributed by atoms with Crippen LogP contribution in [0, 0.1) is 6.92 Å². The maximum absolute atomic E-state index is 13.7. The number of rotatable bonds is 8. The molecular formula is C24H28N6O5S. The number of hydrogen-bond acceptors (Lipinski definition) is 8. The van der Waals surface area contributed by atoms with Crippen LogP contribution in [0.3, 0.4) is 0 Å². The second-order valence-corrected chi connectivity index (χ2v) is 9.67. The van der Waals surface area contributed by atoms with Gasteiger partial charge < -0.3 is 15.2 Å². The van der Waals surface area contributed by atoms with Crippen molar-refractivity contribution in [2.45, 2.75) is 52.4 Å². The average molecular weight is 513 g/mol. The fourth-order valence-corrected chi connectivity index (χ4v) is 5.32. The van der Waals surface area contributed by atoms with E-state index in [0.717, 1.165) is 4.57 Å². The van der Waals surface area contributed by atoms with Crippen LogP contribution in [0.15, 0.2) is 46.2 Å². The van der Waals surface area contributed by atoms with Crippen molar-refractivity contribution in [3.05, 3.63) is 68.6 Å². The van der Waals surface area contributed by atoms with Crippen molar-refractivity contribution >= 4 is 27.5 Å². The number of carbonyl (C=O) groups is 1. The van der Waals surface area contributed by atoms with Crippen LogP contribution < -0.4 is 21.3 Å². The molecule has 4 rings (SSSR count). The van der Waals surface area contributed by atoms with Crippen LogP contribution in [0.1, 0.15) is 44.0 Å². The first-order valence-electron chi connectivity index (χ1n) is 11.4. The van der Waals surface area contributed by atoms with E-state index in [1.807, 2.05) is 0 Å². The molecular weight excluding hydrogens is 484 g/mol. The Labute approximate surface area is 210 Å². The fourth-order valence-electron chi connectivity index (χ4n) is 4.10. The first kappa shape index (κ1) is 25.3. The number of benzene rings is 1. The van der Waals surface area contributed by atoms with Crippen LogP contribution >= 0.6 is 11.3 Å². The second-order valence-electron chi connectivity index (χ2n) is 8.70. The summed E-state index contributed by atoms with van der Waals surface area (Å²) < 4.78 is 7.64. The third-order valence-corrected chi connectivity index (χ3v) is 7.15. The van der Waals surface area contributed by atoms with Crippen LogP contribution in [-0.2, 0) is 11.3 Å². The number of aromatic nitrogens is 5. The number of methoxy groups -OCH3 is 1. The van der Waals surface area contributed by atoms with E-state index in [2.05, 4.69) is 15.5 Å². The maximum Gasteiger partial charge on any atom is 0.332 e. The first-order chi connectivity index (χ1) is 17.1. The van der Waals surface area contributed by atoms with Crippen LogP contribution in [-0.4, -0.2) is 48.3 Å². The number of fused-ring (bicyclic) bond motifs is 1. The highest BCUT2D eigenvalue weighted by atomic mass is 32.1. The van der Waals surface area contributed by atoms with E-state index in [4.69, 9.17) is 4.74 Å². The van der Waals surface area contributed by atoms with Gasteiger partial charge in [-0.3, -0.25) is 14.2 Å². The smallest absolute Gasteiger partial charge is 0.332 e. The molecule has 0 spiro atoms. The number of thiophene rings is 1. The summed E-state index contributed by atoms with van der Waals surface area (Å²) in [5, 5.41) is 23.0. The zero-order valence-corrected chi connectivity index (χ0v) is 21.4. The molecule has 0 aliphatic carbocycles. The third-order valence-electron chi connectivity index (χ3n) is 5.87. The number of ether oxygens (including phenoxy) is 1. The minimum absolute atomic E-state index is 0.166. The molecule has 0 aliphatic rings. The molecule has 4 aromatic rings. The molecule has 0 saturated carbocycles. The van der Waals surface area contributed by atoms with E-state index in [0.29, 0.717) is 26.7 Å². The summed E-state index contributed by atoms with van der Waals surface area (Å²) in [7, 11) is 1.50. The van der Waals surface area contributed by atoms with Gasteiger partial charge in [0.1, 0.15) is 27.7 Å². The molecule has 1 aromatic carbocycles. The van der Waals surface area contributed by atoms with Gasteiger partial charge in [-0.25, -0.2) is 9.36 Å². The van der Waals surface area contributed by atoms with Crippen molar-refractivity contribution < 1.29 is 14.6 Å². The van der Waals surface area contributed by atoms with Crippen molar-refractivity contribution in [2.24, 2.45) is 0 Å². The number of aryl methyl sites for hydroxylation is 1. The summed E-state index contributed by atoms with van der Waals surface area (Å²) in [6.07, 6.45) is 1.90. The van der Waals surface area contributed by atoms with Crippen molar-refractivity contribution in [1.29, 1.82) is 0 Å². The highest BCUT2D eigenvalue weighted by Crippen LogP contribution is 2.32. The van der Waals surface area contributed by atoms with Crippen LogP contribution in [0.4, 0.5) is 0 Å². The summed E-state index contributed by atoms with van der Waals surface area (Å²) in [6.45, 7) is 6.68. The first-order valence-corrected chi connectivity index (χ1v) is 12.2. The van der Waals surface area contributed by atoms with E-state index in [1.165, 1.54) is 47.1 Å². The Bertz CT molecular complexity index is 1520. The number of para-hydroxylation sites is 1. The maximum atomic E-state index is 13.7. The summed E-state index contributed by atoms with van der Waals surface area (Å²) in [6, 6.07) is 5.72. The quantitative estimate of drug-likeness (QED) is 0.369. The molecule has 0 radical (unpaired) electrons. The minimum Gasteiger partial charge on any atom is -0.496 e. The predicted octanol–water partition coefficient (Wildman–Crippen LogP) is 1.94. The molecule has 0 unspecified atom stereocenters. The molecule has 0 bridgehead atoms. The van der Waals surface area contributed by atoms with Crippen LogP contribution in [0.2, 0.25) is 0 Å². The zero-order chi connectivity index (χ0) is 26.1. The number of aliphatic hydroxyl groups is 1. The second kappa shape index (κ2) is 10.1. The third kappa shape index (κ3) is 4.44. The van der Waals surface area contributed by atoms with E-state index >= 15 is 0 Å². The standard InChI is InChI=1S/C24H28N6O5S/c1-13(2)27-20(32)15(4)29-21(33)19-14(3)22(30-25-10-11-26-30)36-23(19)28(24(29)34)12-17(31)16-8-6-7-9-18(16)35-5/h6-11,13,15,17,31H,12H2,1-5H3,(H,27,32)/t15-,17-/m0/s1. The van der Waals surface area contributed by atoms with E-state index in [1.54, 1.807) is 45.0 Å². The van der Waals surface area contributed by atoms with Crippen LogP contribution in [0.25, 0.3) is 15.2 Å². The van der Waals surface area contributed by atoms with Gasteiger partial charge in [-0.15, -0.1) is 4.80 Å². The van der Waals surface area contributed by atoms with Gasteiger partial charge in [0.2, 0.25) is 5.91 Å². The topological polar surface area (TPSA) is 133 Å². The van der Waals surface area contributed by atoms with E-state index < -0.39 is 29.3 Å². The molecule has 11 nitrogen and oxygen atoms in total. The molecule has 3 aromatic heterocycles. The summed E-state index contributed by atoms with van der Waals surface area (Å²) in [5.41, 5.74) is -0.224. The Kier molecular flexibility index (Phi) is 7.09. The van der Waals surface area contributed by atoms with Gasteiger partial charge in [0.05, 0.1) is 31.4 Å². The molecule has 0 fully saturated rings. The van der Waals surface area contributed by atoms with E-state index in [9.17, 15) is 19.5 Å². The number of nitrogens with one attached hydrogen (secondary N) is 1. The molecule has 36 heavy (non-hydrogen) atoms. The zero-order valence-electron chi connectivity index (χ0n) is 20.6. The lowest BCUT2D eigenvalue weighted by atomic mass is 10.1. The van der Waals surface area contributed by atoms with Crippen LogP contribution in [0.5, 0.6) is 5.75 Å². The Hall–Kier alpha value is -3.77. The van der Waals surface area contributed by atoms with Gasteiger partial charge >= 0.3 is 5.69 Å². The molecule has 2 N–H and O–H groups in total. The Morgan fingerprint density at radius 1 is 1.17 bits per heavy atom. The molecule has 2 atom stereocenters. The lowest BCUT2D eigenvalue weighted by molar-refractivity contribution is -0.124. The molecule has 3 heterocycles. The largest absolute Gasteiger partial charge is 0.496 e. The molecule has 190 valence electrons. The van der Waals surface area contributed by atoms with Gasteiger partial charge in [-0.05, 0) is 33.8 Å². The SMILES string of the molecule is COc1ccccc1[C@@H](O)Cn1c(=O)n([C@@H](C)C(=O)NC(C)C)c(=O)c2c(C)c(-n3nccn3)sc21. The Balaban J connectivity index is 1.96. The highest BCUT2D eigenvalue weighted by Gasteiger charge is 2.28. The van der Waals surface area contributed by atoms with Gasteiger partial charge in [-0.2, -0.15) is 10.2 Å². The minimum atomic E-state index is -1.12. The number of aliphatic hydroxyl groups excluding tert-OH is 1. The van der Waals surface area contributed by atoms with Crippen molar-refractivity contribution in [2.75, 3.05) is 7.11 Å². The van der Waals surface area contributed by atoms with Crippen molar-refractivity contribution in [3.63, 3.8) is 0 Å². The van der Waals surface area contributed by atoms with Crippen molar-refractivity contribution in [3.8, 4) is 10.8 Å². The summed E-state index contributed by atoms with van der Waals surface area (Å²) in [5.74, 6) is 0.0123. The Morgan fingerprint density at radius 2 is 1.83 bits per heavy atom. The lowest BCUT2D eigenvalue weighted by Crippen LogP contribution is -2.47. The lowest BCUT2D eigenvalue weighted by Gasteiger charge is -2.20. The van der Waals surface area contributed by atoms with Gasteiger partial charge in [0, 0.05) is 17.2 Å². The normalized spacial score (nSPS) is 13.2. The summed E-state index contributed by atoms with van der Waals surface area (Å²) in [4.78, 5) is 41.9. The van der Waals surface area contributed by atoms with Crippen molar-refractivity contribution in [1.82, 2.24) is 29.4 Å².